The SMILES string of the molecule is COc1cc(OC)c2c(-c3ccccc3)c3ccccc3c(-c3ccccc3)c2c1C. The van der Waals surface area contributed by atoms with E-state index in [2.05, 4.69) is 91.9 Å². The second kappa shape index (κ2) is 7.81. The van der Waals surface area contributed by atoms with Gasteiger partial charge in [-0.1, -0.05) is 84.9 Å². The molecule has 2 heteroatoms. The van der Waals surface area contributed by atoms with Gasteiger partial charge in [0.05, 0.1) is 14.2 Å². The van der Waals surface area contributed by atoms with Crippen molar-refractivity contribution in [2.75, 3.05) is 14.2 Å². The summed E-state index contributed by atoms with van der Waals surface area (Å²) in [4.78, 5) is 0. The molecule has 5 aromatic carbocycles. The van der Waals surface area contributed by atoms with E-state index in [9.17, 15) is 0 Å². The van der Waals surface area contributed by atoms with Crippen molar-refractivity contribution in [3.8, 4) is 33.8 Å². The molecule has 0 radical (unpaired) electrons. The van der Waals surface area contributed by atoms with E-state index in [1.165, 1.54) is 38.4 Å². The number of hydrogen-bond acceptors (Lipinski definition) is 2. The first-order valence-corrected chi connectivity index (χ1v) is 10.5. The molecule has 0 aromatic heterocycles. The number of hydrogen-bond donors (Lipinski definition) is 0. The maximum absolute atomic E-state index is 5.95. The van der Waals surface area contributed by atoms with Crippen LogP contribution in [0, 0.1) is 6.92 Å². The number of aryl methyl sites for hydroxylation is 1. The molecule has 0 aliphatic heterocycles. The fourth-order valence-electron chi connectivity index (χ4n) is 4.66. The molecule has 5 rings (SSSR count). The van der Waals surface area contributed by atoms with Crippen LogP contribution in [-0.2, 0) is 0 Å². The fraction of sp³-hybridized carbons (Fsp3) is 0.103. The first-order valence-electron chi connectivity index (χ1n) is 10.5. The Balaban J connectivity index is 2.12. The predicted octanol–water partition coefficient (Wildman–Crippen LogP) is 7.65. The molecule has 2 nitrogen and oxygen atoms in total. The van der Waals surface area contributed by atoms with E-state index in [0.29, 0.717) is 0 Å². The van der Waals surface area contributed by atoms with Crippen LogP contribution in [0.5, 0.6) is 11.5 Å². The van der Waals surface area contributed by atoms with Gasteiger partial charge < -0.3 is 9.47 Å². The maximum Gasteiger partial charge on any atom is 0.131 e. The van der Waals surface area contributed by atoms with Crippen LogP contribution in [0.1, 0.15) is 5.56 Å². The summed E-state index contributed by atoms with van der Waals surface area (Å²) >= 11 is 0. The molecule has 0 unspecified atom stereocenters. The summed E-state index contributed by atoms with van der Waals surface area (Å²) in [5.74, 6) is 1.65. The monoisotopic (exact) mass is 404 g/mol. The third kappa shape index (κ3) is 3.03. The average Bonchev–Trinajstić information content (AvgIpc) is 2.84. The number of methoxy groups -OCH3 is 2. The van der Waals surface area contributed by atoms with E-state index >= 15 is 0 Å². The highest BCUT2D eigenvalue weighted by atomic mass is 16.5. The zero-order chi connectivity index (χ0) is 21.4. The minimum Gasteiger partial charge on any atom is -0.496 e. The topological polar surface area (TPSA) is 18.5 Å². The molecule has 0 saturated carbocycles. The Morgan fingerprint density at radius 3 is 1.45 bits per heavy atom. The zero-order valence-electron chi connectivity index (χ0n) is 18.0. The molecule has 152 valence electrons. The molecule has 0 fully saturated rings. The second-order valence-electron chi connectivity index (χ2n) is 7.68. The van der Waals surface area contributed by atoms with E-state index in [0.717, 1.165) is 22.4 Å². The zero-order valence-corrected chi connectivity index (χ0v) is 18.0. The molecule has 0 aliphatic rings. The molecule has 0 atom stereocenters. The largest absolute Gasteiger partial charge is 0.496 e. The molecule has 0 aliphatic carbocycles. The summed E-state index contributed by atoms with van der Waals surface area (Å²) in [5, 5.41) is 4.71. The highest BCUT2D eigenvalue weighted by molar-refractivity contribution is 6.24. The van der Waals surface area contributed by atoms with E-state index in [-0.39, 0.29) is 0 Å². The lowest BCUT2D eigenvalue weighted by Gasteiger charge is -2.22. The third-order valence-electron chi connectivity index (χ3n) is 6.03. The molecule has 0 heterocycles. The van der Waals surface area contributed by atoms with Gasteiger partial charge in [0, 0.05) is 22.4 Å². The van der Waals surface area contributed by atoms with Crippen molar-refractivity contribution in [1.29, 1.82) is 0 Å². The van der Waals surface area contributed by atoms with Gasteiger partial charge in [-0.25, -0.2) is 0 Å². The summed E-state index contributed by atoms with van der Waals surface area (Å²) in [5.41, 5.74) is 5.86. The molecule has 0 spiro atoms. The highest BCUT2D eigenvalue weighted by Crippen LogP contribution is 2.49. The van der Waals surface area contributed by atoms with Crippen LogP contribution >= 0.6 is 0 Å². The number of benzene rings is 5. The summed E-state index contributed by atoms with van der Waals surface area (Å²) in [6.45, 7) is 2.14. The van der Waals surface area contributed by atoms with E-state index in [1.807, 2.05) is 6.07 Å². The quantitative estimate of drug-likeness (QED) is 0.286. The third-order valence-corrected chi connectivity index (χ3v) is 6.03. The molecule has 0 amide bonds. The first-order chi connectivity index (χ1) is 15.2. The number of ether oxygens (including phenoxy) is 2. The minimum absolute atomic E-state index is 0.819. The van der Waals surface area contributed by atoms with Crippen LogP contribution in [0.3, 0.4) is 0 Å². The summed E-state index contributed by atoms with van der Waals surface area (Å²) in [6.07, 6.45) is 0. The van der Waals surface area contributed by atoms with Gasteiger partial charge in [-0.05, 0) is 39.9 Å². The second-order valence-corrected chi connectivity index (χ2v) is 7.68. The van der Waals surface area contributed by atoms with Crippen molar-refractivity contribution in [3.63, 3.8) is 0 Å². The summed E-state index contributed by atoms with van der Waals surface area (Å²) in [7, 11) is 3.45. The van der Waals surface area contributed by atoms with Crippen molar-refractivity contribution in [1.82, 2.24) is 0 Å². The van der Waals surface area contributed by atoms with Gasteiger partial charge in [0.2, 0.25) is 0 Å². The maximum atomic E-state index is 5.95. The van der Waals surface area contributed by atoms with Crippen LogP contribution in [0.2, 0.25) is 0 Å². The van der Waals surface area contributed by atoms with Crippen LogP contribution < -0.4 is 9.47 Å². The predicted molar refractivity (Wildman–Crippen MR) is 130 cm³/mol. The van der Waals surface area contributed by atoms with E-state index in [4.69, 9.17) is 9.47 Å². The average molecular weight is 405 g/mol. The Morgan fingerprint density at radius 1 is 0.516 bits per heavy atom. The smallest absolute Gasteiger partial charge is 0.131 e. The lowest BCUT2D eigenvalue weighted by atomic mass is 9.84. The fourth-order valence-corrected chi connectivity index (χ4v) is 4.66. The van der Waals surface area contributed by atoms with Gasteiger partial charge in [-0.3, -0.25) is 0 Å². The normalized spacial score (nSPS) is 11.1. The van der Waals surface area contributed by atoms with Crippen molar-refractivity contribution in [3.05, 3.63) is 96.6 Å². The molecular formula is C29H24O2. The van der Waals surface area contributed by atoms with Gasteiger partial charge in [0.1, 0.15) is 11.5 Å². The standard InChI is InChI=1S/C29H24O2/c1-19-24(30-2)18-25(31-3)29-26(19)27(20-12-6-4-7-13-20)22-16-10-11-17-23(22)28(29)21-14-8-5-9-15-21/h4-18H,1-3H3. The van der Waals surface area contributed by atoms with E-state index in [1.54, 1.807) is 14.2 Å². The number of fused-ring (bicyclic) bond motifs is 2. The molecule has 0 saturated heterocycles. The van der Waals surface area contributed by atoms with Gasteiger partial charge in [0.15, 0.2) is 0 Å². The van der Waals surface area contributed by atoms with Crippen molar-refractivity contribution < 1.29 is 9.47 Å². The molecule has 5 aromatic rings. The van der Waals surface area contributed by atoms with Crippen LogP contribution in [-0.4, -0.2) is 14.2 Å². The molecule has 31 heavy (non-hydrogen) atoms. The Hall–Kier alpha value is -3.78. The first kappa shape index (κ1) is 19.2. The van der Waals surface area contributed by atoms with Gasteiger partial charge in [-0.2, -0.15) is 0 Å². The highest BCUT2D eigenvalue weighted by Gasteiger charge is 2.22. The van der Waals surface area contributed by atoms with Gasteiger partial charge in [-0.15, -0.1) is 0 Å². The van der Waals surface area contributed by atoms with Gasteiger partial charge in [0.25, 0.3) is 0 Å². The lowest BCUT2D eigenvalue weighted by Crippen LogP contribution is -1.98. The van der Waals surface area contributed by atoms with E-state index < -0.39 is 0 Å². The van der Waals surface area contributed by atoms with Crippen molar-refractivity contribution >= 4 is 21.5 Å². The molecule has 0 bridgehead atoms. The Morgan fingerprint density at radius 2 is 0.968 bits per heavy atom. The van der Waals surface area contributed by atoms with Crippen molar-refractivity contribution in [2.45, 2.75) is 6.92 Å². The summed E-state index contributed by atoms with van der Waals surface area (Å²) in [6, 6.07) is 31.8. The van der Waals surface area contributed by atoms with Gasteiger partial charge >= 0.3 is 0 Å². The van der Waals surface area contributed by atoms with Crippen molar-refractivity contribution in [2.24, 2.45) is 0 Å². The number of rotatable bonds is 4. The minimum atomic E-state index is 0.819. The van der Waals surface area contributed by atoms with Crippen LogP contribution in [0.15, 0.2) is 91.0 Å². The van der Waals surface area contributed by atoms with Crippen LogP contribution in [0.4, 0.5) is 0 Å². The Labute approximate surface area is 182 Å². The lowest BCUT2D eigenvalue weighted by molar-refractivity contribution is 0.396. The Kier molecular flexibility index (Phi) is 4.83. The molecule has 0 N–H and O–H groups in total. The molecular weight excluding hydrogens is 380 g/mol. The van der Waals surface area contributed by atoms with Crippen LogP contribution in [0.25, 0.3) is 43.8 Å². The summed E-state index contributed by atoms with van der Waals surface area (Å²) < 4.78 is 11.7. The Bertz CT molecular complexity index is 1390.